The van der Waals surface area contributed by atoms with E-state index in [-0.39, 0.29) is 77.0 Å². The number of fused-ring (bicyclic) bond motifs is 3. The van der Waals surface area contributed by atoms with Crippen LogP contribution in [0.2, 0.25) is 0 Å². The molecule has 8 amide bonds. The van der Waals surface area contributed by atoms with Gasteiger partial charge in [0, 0.05) is 39.8 Å². The molecule has 13 atom stereocenters. The number of rotatable bonds is 23. The van der Waals surface area contributed by atoms with Crippen LogP contribution < -0.4 is 32.3 Å². The molecule has 14 N–H and O–H groups in total. The van der Waals surface area contributed by atoms with Crippen LogP contribution in [-0.4, -0.2) is 258 Å². The zero-order chi connectivity index (χ0) is 64.7. The summed E-state index contributed by atoms with van der Waals surface area (Å²) >= 11 is 0. The minimum absolute atomic E-state index is 0.000739. The van der Waals surface area contributed by atoms with Crippen molar-refractivity contribution in [2.45, 2.75) is 209 Å². The first-order valence-electron chi connectivity index (χ1n) is 29.8. The van der Waals surface area contributed by atoms with Crippen LogP contribution in [0.3, 0.4) is 0 Å². The van der Waals surface area contributed by atoms with Gasteiger partial charge in [-0.2, -0.15) is 0 Å². The molecule has 0 aliphatic carbocycles. The zero-order valence-corrected chi connectivity index (χ0v) is 50.0. The minimum atomic E-state index is -2.78. The number of nitrogens with zero attached hydrogens (tertiary/aromatic N) is 6. The summed E-state index contributed by atoms with van der Waals surface area (Å²) in [6.07, 6.45) is -1.45. The Morgan fingerprint density at radius 2 is 1.28 bits per heavy atom. The number of aliphatic hydroxyl groups excluding tert-OH is 5. The van der Waals surface area contributed by atoms with Crippen LogP contribution in [0.5, 0.6) is 0 Å². The van der Waals surface area contributed by atoms with Crippen LogP contribution in [0.1, 0.15) is 130 Å². The molecule has 31 heteroatoms. The van der Waals surface area contributed by atoms with Gasteiger partial charge in [0.1, 0.15) is 48.4 Å². The second kappa shape index (κ2) is 35.5. The summed E-state index contributed by atoms with van der Waals surface area (Å²) in [7, 11) is 1.69. The molecule has 31 nitrogen and oxygen atoms in total. The molecule has 0 spiro atoms. The molecule has 488 valence electrons. The summed E-state index contributed by atoms with van der Waals surface area (Å²) in [6, 6.07) is -15.0. The number of nitrogens with one attached hydrogen (secondary N) is 5. The molecule has 0 bridgehead atoms. The average molecular weight is 1240 g/mol. The number of cyclic esters (lactones) is 1. The number of aliphatic carboxylic acids is 2. The smallest absolute Gasteiger partial charge is 0.335 e. The van der Waals surface area contributed by atoms with E-state index in [1.54, 1.807) is 18.0 Å². The van der Waals surface area contributed by atoms with Crippen LogP contribution in [0.15, 0.2) is 22.6 Å². The fourth-order valence-electron chi connectivity index (χ4n) is 10.8. The third-order valence-electron chi connectivity index (χ3n) is 15.6. The normalized spacial score (nSPS) is 27.4. The maximum absolute atomic E-state index is 14.6. The molecule has 0 unspecified atom stereocenters. The predicted octanol–water partition coefficient (Wildman–Crippen LogP) is -3.66. The topological polar surface area (TPSA) is 462 Å². The lowest BCUT2D eigenvalue weighted by atomic mass is 10.0. The van der Waals surface area contributed by atoms with Crippen molar-refractivity contribution in [3.05, 3.63) is 12.7 Å². The van der Waals surface area contributed by atoms with Crippen molar-refractivity contribution in [2.75, 3.05) is 46.4 Å². The number of esters is 1. The standard InChI is InChI=1S/C56H90N12O19/c1-6-24-65(5)30-59-56(57)58-23-14-19-34-46(75)63-41(44(73)53(82)83)48(77)61-35(29-69)50(79)68-27-22-38(71)43(68)49(78)64-42(45(74)54(84)85)55(86)87-33(18-13-11-9-7-8-10-12-17-31(2)3)28-39(72)62-40(32(4)70)52(81)67-26-16-21-37(67)51(80)66-25-15-20-36(66)47(76)60-34/h6,30-38,40-45,69-71,73-74H,1,7-29H2,2-5H3,(H2,57,58)(H,60,76)(H,61,77)(H,62,72)(H,63,75)(H,64,78)(H,82,83)(H,84,85)/b59-30+/t32-,33-,34+,35-,36+,37-,38+,40-,41-,42+,43+,44-,45+/m1/s1. The molecule has 87 heavy (non-hydrogen) atoms. The highest BCUT2D eigenvalue weighted by molar-refractivity contribution is 6.00. The number of amides is 8. The highest BCUT2D eigenvalue weighted by Crippen LogP contribution is 2.27. The van der Waals surface area contributed by atoms with Gasteiger partial charge in [-0.25, -0.2) is 19.4 Å². The van der Waals surface area contributed by atoms with E-state index in [2.05, 4.69) is 46.4 Å². The summed E-state index contributed by atoms with van der Waals surface area (Å²) in [6.45, 7) is 7.63. The fraction of sp³-hybridized carbons (Fsp3) is 0.732. The second-order valence-electron chi connectivity index (χ2n) is 22.9. The third-order valence-corrected chi connectivity index (χ3v) is 15.6. The lowest BCUT2D eigenvalue weighted by Crippen LogP contribution is -2.64. The van der Waals surface area contributed by atoms with Crippen molar-refractivity contribution >= 4 is 77.5 Å². The van der Waals surface area contributed by atoms with Gasteiger partial charge in [0.15, 0.2) is 18.2 Å². The van der Waals surface area contributed by atoms with E-state index in [1.807, 2.05) is 10.6 Å². The number of unbranched alkanes of at least 4 members (excludes halogenated alkanes) is 6. The summed E-state index contributed by atoms with van der Waals surface area (Å²) < 4.78 is 5.68. The maximum atomic E-state index is 14.6. The molecule has 0 aromatic heterocycles. The van der Waals surface area contributed by atoms with E-state index < -0.39 is 164 Å². The van der Waals surface area contributed by atoms with Gasteiger partial charge in [0.2, 0.25) is 53.2 Å². The first-order chi connectivity index (χ1) is 41.2. The number of likely N-dealkylation sites (N-methyl/N-ethyl adjacent to an activating group) is 1. The average Bonchev–Trinajstić information content (AvgIpc) is 2.07. The maximum Gasteiger partial charge on any atom is 0.335 e. The van der Waals surface area contributed by atoms with Gasteiger partial charge >= 0.3 is 17.9 Å². The van der Waals surface area contributed by atoms with Crippen LogP contribution in [0.4, 0.5) is 0 Å². The molecule has 0 aromatic rings. The van der Waals surface area contributed by atoms with Gasteiger partial charge in [-0.3, -0.25) is 43.3 Å². The monoisotopic (exact) mass is 1230 g/mol. The van der Waals surface area contributed by atoms with Crippen LogP contribution in [-0.2, 0) is 57.5 Å². The number of aliphatic hydroxyl groups is 5. The Morgan fingerprint density at radius 3 is 1.89 bits per heavy atom. The van der Waals surface area contributed by atoms with E-state index in [4.69, 9.17) is 10.5 Å². The predicted molar refractivity (Wildman–Crippen MR) is 309 cm³/mol. The van der Waals surface area contributed by atoms with Crippen LogP contribution >= 0.6 is 0 Å². The highest BCUT2D eigenvalue weighted by atomic mass is 16.5. The van der Waals surface area contributed by atoms with Crippen LogP contribution in [0.25, 0.3) is 0 Å². The number of ether oxygens (including phenoxy) is 1. The Morgan fingerprint density at radius 1 is 0.690 bits per heavy atom. The number of nitrogens with two attached hydrogens (primary N) is 1. The Hall–Kier alpha value is -7.35. The largest absolute Gasteiger partial charge is 0.479 e. The van der Waals surface area contributed by atoms with Gasteiger partial charge < -0.3 is 92.4 Å². The Labute approximate surface area is 504 Å². The lowest BCUT2D eigenvalue weighted by Gasteiger charge is -2.34. The van der Waals surface area contributed by atoms with E-state index in [1.165, 1.54) is 18.2 Å². The van der Waals surface area contributed by atoms with Crippen molar-refractivity contribution in [1.29, 1.82) is 0 Å². The Kier molecular flexibility index (Phi) is 29.4. The molecule has 4 heterocycles. The molecule has 0 aromatic carbocycles. The highest BCUT2D eigenvalue weighted by Gasteiger charge is 2.48. The van der Waals surface area contributed by atoms with Gasteiger partial charge in [-0.05, 0) is 70.6 Å². The molecule has 4 aliphatic rings. The molecular weight excluding hydrogens is 1140 g/mol. The van der Waals surface area contributed by atoms with Crippen LogP contribution in [0, 0.1) is 5.92 Å². The summed E-state index contributed by atoms with van der Waals surface area (Å²) in [5, 5.41) is 85.4. The lowest BCUT2D eigenvalue weighted by molar-refractivity contribution is -0.165. The van der Waals surface area contributed by atoms with Crippen molar-refractivity contribution in [3.63, 3.8) is 0 Å². The second-order valence-corrected chi connectivity index (χ2v) is 22.9. The number of carbonyl (C=O) groups excluding carboxylic acids is 9. The van der Waals surface area contributed by atoms with Gasteiger partial charge in [0.25, 0.3) is 0 Å². The van der Waals surface area contributed by atoms with Crippen molar-refractivity contribution in [2.24, 2.45) is 21.6 Å². The Balaban J connectivity index is 1.78. The minimum Gasteiger partial charge on any atom is -0.479 e. The number of carboxylic acids is 2. The van der Waals surface area contributed by atoms with E-state index in [9.17, 15) is 88.5 Å². The summed E-state index contributed by atoms with van der Waals surface area (Å²) in [4.78, 5) is 166. The summed E-state index contributed by atoms with van der Waals surface area (Å²) in [5.41, 5.74) is 5.95. The first kappa shape index (κ1) is 72.1. The number of hydrogen-bond acceptors (Lipinski definition) is 18. The number of hydrogen-bond donors (Lipinski definition) is 13. The number of carbonyl (C=O) groups is 11. The SMILES string of the molecule is C=CCN(C)/C=N/C(N)=NCCC[C@@H]1NC(=O)[C@@H]2CCCN2C(=O)[C@H]2CCCN2C(=O)[C@@H]([C@@H](C)O)NC(=O)C[C@@H](CCCCCCCCCC(C)C)OC(=O)[C@H]([C@H](O)C(=O)O)NC(=O)[C@@H]2[C@@H](O)CCN2C(=O)[C@@H](CO)NC(=O)[C@@H]([C@@H](O)C(=O)O)NC1=O. The fourth-order valence-corrected chi connectivity index (χ4v) is 10.8. The molecule has 4 saturated heterocycles. The van der Waals surface area contributed by atoms with E-state index >= 15 is 0 Å². The van der Waals surface area contributed by atoms with Gasteiger partial charge in [0.05, 0.1) is 31.6 Å². The van der Waals surface area contributed by atoms with E-state index in [0.29, 0.717) is 30.2 Å². The zero-order valence-electron chi connectivity index (χ0n) is 50.0. The Bertz CT molecular complexity index is 2480. The summed E-state index contributed by atoms with van der Waals surface area (Å²) in [5.74, 6) is -14.4. The molecule has 4 fully saturated rings. The molecule has 4 rings (SSSR count). The molecular formula is C56H90N12O19. The number of aliphatic imine (C=N–C) groups is 2. The molecule has 0 radical (unpaired) electrons. The van der Waals surface area contributed by atoms with Crippen molar-refractivity contribution < 1.29 is 93.2 Å². The molecule has 0 saturated carbocycles. The number of guanidine groups is 1. The van der Waals surface area contributed by atoms with Gasteiger partial charge in [-0.1, -0.05) is 64.9 Å². The first-order valence-corrected chi connectivity index (χ1v) is 29.8. The molecule has 4 aliphatic heterocycles. The number of carboxylic acid groups (broad SMARTS) is 2. The van der Waals surface area contributed by atoms with E-state index in [0.717, 1.165) is 43.4 Å². The van der Waals surface area contributed by atoms with Crippen molar-refractivity contribution in [1.82, 2.24) is 46.2 Å². The quantitative estimate of drug-likeness (QED) is 0.0154. The van der Waals surface area contributed by atoms with Crippen molar-refractivity contribution in [3.8, 4) is 0 Å². The third kappa shape index (κ3) is 21.5. The van der Waals surface area contributed by atoms with Gasteiger partial charge in [-0.15, -0.1) is 6.58 Å².